The summed E-state index contributed by atoms with van der Waals surface area (Å²) in [5.74, 6) is -0.509. The summed E-state index contributed by atoms with van der Waals surface area (Å²) in [7, 11) is 0. The zero-order valence-electron chi connectivity index (χ0n) is 13.6. The summed E-state index contributed by atoms with van der Waals surface area (Å²) in [6.45, 7) is 5.69. The van der Waals surface area contributed by atoms with E-state index < -0.39 is 5.82 Å². The standard InChI is InChI=1S/C19H23FN2O/c1-14(2)22(13-15-6-4-3-5-7-15)11-10-19(23)16-8-9-17(20)18(21)12-16/h3-9,12,14H,10-11,13,21H2,1-2H3. The molecule has 0 atom stereocenters. The predicted molar refractivity (Wildman–Crippen MR) is 91.7 cm³/mol. The quantitative estimate of drug-likeness (QED) is 0.623. The Bertz CT molecular complexity index is 656. The van der Waals surface area contributed by atoms with Crippen molar-refractivity contribution in [3.8, 4) is 0 Å². The molecule has 2 aromatic rings. The number of anilines is 1. The third kappa shape index (κ3) is 4.89. The van der Waals surface area contributed by atoms with E-state index in [1.165, 1.54) is 23.8 Å². The maximum atomic E-state index is 13.2. The van der Waals surface area contributed by atoms with Crippen LogP contribution in [-0.2, 0) is 6.54 Å². The summed E-state index contributed by atoms with van der Waals surface area (Å²) >= 11 is 0. The molecule has 0 saturated heterocycles. The number of rotatable bonds is 7. The van der Waals surface area contributed by atoms with Crippen molar-refractivity contribution in [2.24, 2.45) is 0 Å². The molecule has 23 heavy (non-hydrogen) atoms. The first-order valence-corrected chi connectivity index (χ1v) is 7.83. The molecule has 0 radical (unpaired) electrons. The fourth-order valence-corrected chi connectivity index (χ4v) is 2.44. The number of carbonyl (C=O) groups excluding carboxylic acids is 1. The molecular formula is C19H23FN2O. The van der Waals surface area contributed by atoms with E-state index in [1.807, 2.05) is 18.2 Å². The highest BCUT2D eigenvalue weighted by Crippen LogP contribution is 2.15. The van der Waals surface area contributed by atoms with Crippen LogP contribution in [0.3, 0.4) is 0 Å². The van der Waals surface area contributed by atoms with Crippen LogP contribution in [0, 0.1) is 5.82 Å². The first kappa shape index (κ1) is 17.2. The van der Waals surface area contributed by atoms with Gasteiger partial charge in [-0.1, -0.05) is 30.3 Å². The van der Waals surface area contributed by atoms with E-state index in [9.17, 15) is 9.18 Å². The van der Waals surface area contributed by atoms with Gasteiger partial charge in [0.1, 0.15) is 5.82 Å². The van der Waals surface area contributed by atoms with Crippen LogP contribution >= 0.6 is 0 Å². The molecule has 0 aliphatic carbocycles. The maximum Gasteiger partial charge on any atom is 0.164 e. The summed E-state index contributed by atoms with van der Waals surface area (Å²) in [6, 6.07) is 14.7. The minimum Gasteiger partial charge on any atom is -0.396 e. The molecule has 2 rings (SSSR count). The highest BCUT2D eigenvalue weighted by molar-refractivity contribution is 5.96. The van der Waals surface area contributed by atoms with E-state index in [4.69, 9.17) is 5.73 Å². The number of nitrogens with two attached hydrogens (primary N) is 1. The highest BCUT2D eigenvalue weighted by atomic mass is 19.1. The topological polar surface area (TPSA) is 46.3 Å². The number of benzene rings is 2. The second kappa shape index (κ2) is 7.88. The fourth-order valence-electron chi connectivity index (χ4n) is 2.44. The van der Waals surface area contributed by atoms with Gasteiger partial charge in [-0.15, -0.1) is 0 Å². The first-order valence-electron chi connectivity index (χ1n) is 7.83. The van der Waals surface area contributed by atoms with E-state index >= 15 is 0 Å². The molecule has 0 aliphatic heterocycles. The Morgan fingerprint density at radius 2 is 1.87 bits per heavy atom. The number of nitrogens with zero attached hydrogens (tertiary/aromatic N) is 1. The summed E-state index contributed by atoms with van der Waals surface area (Å²) in [5, 5.41) is 0. The van der Waals surface area contributed by atoms with Gasteiger partial charge in [0.2, 0.25) is 0 Å². The number of Topliss-reactive ketones (excluding diaryl/α,β-unsaturated/α-hetero) is 1. The first-order chi connectivity index (χ1) is 11.0. The van der Waals surface area contributed by atoms with Crippen molar-refractivity contribution in [1.82, 2.24) is 4.90 Å². The molecular weight excluding hydrogens is 291 g/mol. The summed E-state index contributed by atoms with van der Waals surface area (Å²) in [5.41, 5.74) is 7.23. The van der Waals surface area contributed by atoms with Gasteiger partial charge in [-0.25, -0.2) is 4.39 Å². The van der Waals surface area contributed by atoms with E-state index in [-0.39, 0.29) is 11.5 Å². The Balaban J connectivity index is 1.98. The van der Waals surface area contributed by atoms with E-state index in [0.29, 0.717) is 24.6 Å². The zero-order valence-corrected chi connectivity index (χ0v) is 13.6. The van der Waals surface area contributed by atoms with Crippen molar-refractivity contribution < 1.29 is 9.18 Å². The number of hydrogen-bond donors (Lipinski definition) is 1. The molecule has 0 bridgehead atoms. The van der Waals surface area contributed by atoms with Crippen molar-refractivity contribution in [3.05, 3.63) is 65.5 Å². The predicted octanol–water partition coefficient (Wildman–Crippen LogP) is 3.89. The second-order valence-corrected chi connectivity index (χ2v) is 5.96. The van der Waals surface area contributed by atoms with Crippen LogP contribution in [0.2, 0.25) is 0 Å². The van der Waals surface area contributed by atoms with Gasteiger partial charge in [0.15, 0.2) is 5.78 Å². The Morgan fingerprint density at radius 3 is 2.48 bits per heavy atom. The molecule has 122 valence electrons. The van der Waals surface area contributed by atoms with E-state index in [0.717, 1.165) is 6.54 Å². The largest absolute Gasteiger partial charge is 0.396 e. The molecule has 2 aromatic carbocycles. The van der Waals surface area contributed by atoms with Gasteiger partial charge < -0.3 is 5.73 Å². The molecule has 2 N–H and O–H groups in total. The third-order valence-corrected chi connectivity index (χ3v) is 3.90. The number of nitrogen functional groups attached to an aromatic ring is 1. The van der Waals surface area contributed by atoms with Gasteiger partial charge in [-0.05, 0) is 37.6 Å². The fraction of sp³-hybridized carbons (Fsp3) is 0.316. The molecule has 0 saturated carbocycles. The van der Waals surface area contributed by atoms with Gasteiger partial charge in [-0.3, -0.25) is 9.69 Å². The Kier molecular flexibility index (Phi) is 5.88. The average molecular weight is 314 g/mol. The summed E-state index contributed by atoms with van der Waals surface area (Å²) < 4.78 is 13.2. The molecule has 0 heterocycles. The molecule has 4 heteroatoms. The van der Waals surface area contributed by atoms with Gasteiger partial charge in [-0.2, -0.15) is 0 Å². The Labute approximate surface area is 136 Å². The summed E-state index contributed by atoms with van der Waals surface area (Å²) in [4.78, 5) is 14.5. The lowest BCUT2D eigenvalue weighted by atomic mass is 10.1. The van der Waals surface area contributed by atoms with Crippen LogP contribution in [0.1, 0.15) is 36.2 Å². The lowest BCUT2D eigenvalue weighted by Crippen LogP contribution is -2.32. The Morgan fingerprint density at radius 1 is 1.17 bits per heavy atom. The van der Waals surface area contributed by atoms with Gasteiger partial charge in [0, 0.05) is 31.1 Å². The normalized spacial score (nSPS) is 11.2. The molecule has 3 nitrogen and oxygen atoms in total. The van der Waals surface area contributed by atoms with Crippen molar-refractivity contribution in [3.63, 3.8) is 0 Å². The molecule has 0 unspecified atom stereocenters. The van der Waals surface area contributed by atoms with Crippen molar-refractivity contribution in [1.29, 1.82) is 0 Å². The van der Waals surface area contributed by atoms with Gasteiger partial charge in [0.05, 0.1) is 5.69 Å². The average Bonchev–Trinajstić information content (AvgIpc) is 2.54. The van der Waals surface area contributed by atoms with Crippen LogP contribution in [0.5, 0.6) is 0 Å². The number of hydrogen-bond acceptors (Lipinski definition) is 3. The van der Waals surface area contributed by atoms with Crippen molar-refractivity contribution >= 4 is 11.5 Å². The number of halogens is 1. The molecule has 0 aromatic heterocycles. The minimum absolute atomic E-state index is 0.0147. The summed E-state index contributed by atoms with van der Waals surface area (Å²) in [6.07, 6.45) is 0.385. The highest BCUT2D eigenvalue weighted by Gasteiger charge is 2.14. The van der Waals surface area contributed by atoms with Crippen LogP contribution in [0.25, 0.3) is 0 Å². The van der Waals surface area contributed by atoms with E-state index in [1.54, 1.807) is 0 Å². The Hall–Kier alpha value is -2.20. The maximum absolute atomic E-state index is 13.2. The van der Waals surface area contributed by atoms with Crippen LogP contribution < -0.4 is 5.73 Å². The van der Waals surface area contributed by atoms with Crippen LogP contribution in [-0.4, -0.2) is 23.3 Å². The molecule has 0 amide bonds. The van der Waals surface area contributed by atoms with E-state index in [2.05, 4.69) is 30.9 Å². The molecule has 0 fully saturated rings. The molecule has 0 aliphatic rings. The van der Waals surface area contributed by atoms with Crippen molar-refractivity contribution in [2.75, 3.05) is 12.3 Å². The smallest absolute Gasteiger partial charge is 0.164 e. The molecule has 0 spiro atoms. The third-order valence-electron chi connectivity index (χ3n) is 3.90. The van der Waals surface area contributed by atoms with Crippen molar-refractivity contribution in [2.45, 2.75) is 32.9 Å². The van der Waals surface area contributed by atoms with Gasteiger partial charge >= 0.3 is 0 Å². The second-order valence-electron chi connectivity index (χ2n) is 5.96. The number of ketones is 1. The van der Waals surface area contributed by atoms with Crippen LogP contribution in [0.15, 0.2) is 48.5 Å². The van der Waals surface area contributed by atoms with Gasteiger partial charge in [0.25, 0.3) is 0 Å². The minimum atomic E-state index is -0.491. The number of carbonyl (C=O) groups is 1. The SMILES string of the molecule is CC(C)N(CCC(=O)c1ccc(F)c(N)c1)Cc1ccccc1. The monoisotopic (exact) mass is 314 g/mol. The lowest BCUT2D eigenvalue weighted by Gasteiger charge is -2.26. The zero-order chi connectivity index (χ0) is 16.8. The lowest BCUT2D eigenvalue weighted by molar-refractivity contribution is 0.0952. The van der Waals surface area contributed by atoms with Crippen LogP contribution in [0.4, 0.5) is 10.1 Å².